The van der Waals surface area contributed by atoms with Gasteiger partial charge in [-0.3, -0.25) is 0 Å². The predicted octanol–water partition coefficient (Wildman–Crippen LogP) is 0.853. The molecule has 0 radical (unpaired) electrons. The topological polar surface area (TPSA) is 74.2 Å². The standard InChI is InChI=1S/C10H17N3O2/c1-14-6-5-9-12-10(15-13-9)7-3-2-4-8(7)11/h7-8H,2-6,11H2,1H3/t7-,8+/m0/s1. The summed E-state index contributed by atoms with van der Waals surface area (Å²) in [5.74, 6) is 1.67. The van der Waals surface area contributed by atoms with E-state index in [1.165, 1.54) is 0 Å². The first-order chi connectivity index (χ1) is 7.31. The molecule has 1 aromatic rings. The van der Waals surface area contributed by atoms with Gasteiger partial charge in [-0.1, -0.05) is 11.6 Å². The van der Waals surface area contributed by atoms with Gasteiger partial charge in [-0.25, -0.2) is 0 Å². The van der Waals surface area contributed by atoms with Crippen LogP contribution in [0.3, 0.4) is 0 Å². The monoisotopic (exact) mass is 211 g/mol. The Morgan fingerprint density at radius 3 is 3.07 bits per heavy atom. The van der Waals surface area contributed by atoms with Gasteiger partial charge in [0.2, 0.25) is 5.89 Å². The highest BCUT2D eigenvalue weighted by molar-refractivity contribution is 5.02. The van der Waals surface area contributed by atoms with Crippen molar-refractivity contribution in [2.75, 3.05) is 13.7 Å². The second-order valence-electron chi connectivity index (χ2n) is 3.99. The molecule has 1 fully saturated rings. The third-order valence-electron chi connectivity index (χ3n) is 2.90. The molecule has 5 heteroatoms. The van der Waals surface area contributed by atoms with E-state index < -0.39 is 0 Å². The molecule has 5 nitrogen and oxygen atoms in total. The Labute approximate surface area is 89.0 Å². The summed E-state index contributed by atoms with van der Waals surface area (Å²) in [4.78, 5) is 4.34. The van der Waals surface area contributed by atoms with Gasteiger partial charge < -0.3 is 15.0 Å². The molecular weight excluding hydrogens is 194 g/mol. The van der Waals surface area contributed by atoms with Gasteiger partial charge in [0, 0.05) is 19.6 Å². The SMILES string of the molecule is COCCc1noc([C@H]2CCC[C@H]2N)n1. The summed E-state index contributed by atoms with van der Waals surface area (Å²) >= 11 is 0. The molecule has 2 N–H and O–H groups in total. The molecule has 0 bridgehead atoms. The molecule has 84 valence electrons. The van der Waals surface area contributed by atoms with Gasteiger partial charge in [0.05, 0.1) is 12.5 Å². The molecule has 1 aromatic heterocycles. The Hall–Kier alpha value is -0.940. The van der Waals surface area contributed by atoms with E-state index in [9.17, 15) is 0 Å². The Kier molecular flexibility index (Phi) is 3.33. The molecule has 1 saturated carbocycles. The Balaban J connectivity index is 1.99. The molecule has 0 spiro atoms. The number of methoxy groups -OCH3 is 1. The average Bonchev–Trinajstić information content (AvgIpc) is 2.83. The van der Waals surface area contributed by atoms with E-state index in [1.807, 2.05) is 0 Å². The summed E-state index contributed by atoms with van der Waals surface area (Å²) < 4.78 is 10.2. The molecular formula is C10H17N3O2. The minimum atomic E-state index is 0.181. The van der Waals surface area contributed by atoms with Crippen molar-refractivity contribution in [3.63, 3.8) is 0 Å². The Morgan fingerprint density at radius 2 is 2.40 bits per heavy atom. The fourth-order valence-corrected chi connectivity index (χ4v) is 2.01. The number of hydrogen-bond acceptors (Lipinski definition) is 5. The van der Waals surface area contributed by atoms with E-state index in [-0.39, 0.29) is 12.0 Å². The van der Waals surface area contributed by atoms with Crippen LogP contribution in [0.25, 0.3) is 0 Å². The third-order valence-corrected chi connectivity index (χ3v) is 2.90. The van der Waals surface area contributed by atoms with Gasteiger partial charge in [-0.05, 0) is 12.8 Å². The van der Waals surface area contributed by atoms with Crippen LogP contribution in [0.5, 0.6) is 0 Å². The molecule has 2 atom stereocenters. The summed E-state index contributed by atoms with van der Waals surface area (Å²) in [5.41, 5.74) is 5.97. The van der Waals surface area contributed by atoms with Crippen LogP contribution in [0, 0.1) is 0 Å². The van der Waals surface area contributed by atoms with Crippen LogP contribution in [0.2, 0.25) is 0 Å². The molecule has 1 aliphatic rings. The van der Waals surface area contributed by atoms with Crippen LogP contribution >= 0.6 is 0 Å². The van der Waals surface area contributed by atoms with E-state index >= 15 is 0 Å². The lowest BCUT2D eigenvalue weighted by molar-refractivity contribution is 0.199. The fraction of sp³-hybridized carbons (Fsp3) is 0.800. The number of ether oxygens (including phenoxy) is 1. The molecule has 0 unspecified atom stereocenters. The van der Waals surface area contributed by atoms with Gasteiger partial charge in [-0.15, -0.1) is 0 Å². The van der Waals surface area contributed by atoms with Crippen LogP contribution in [0.15, 0.2) is 4.52 Å². The fourth-order valence-electron chi connectivity index (χ4n) is 2.01. The van der Waals surface area contributed by atoms with Crippen molar-refractivity contribution >= 4 is 0 Å². The summed E-state index contributed by atoms with van der Waals surface area (Å²) in [7, 11) is 1.66. The van der Waals surface area contributed by atoms with Gasteiger partial charge in [-0.2, -0.15) is 4.98 Å². The number of nitrogens with zero attached hydrogens (tertiary/aromatic N) is 2. The molecule has 0 aliphatic heterocycles. The van der Waals surface area contributed by atoms with Crippen molar-refractivity contribution in [1.82, 2.24) is 10.1 Å². The molecule has 2 rings (SSSR count). The van der Waals surface area contributed by atoms with Crippen molar-refractivity contribution in [3.8, 4) is 0 Å². The van der Waals surface area contributed by atoms with Crippen LogP contribution in [0.1, 0.15) is 36.9 Å². The zero-order valence-corrected chi connectivity index (χ0v) is 8.98. The summed E-state index contributed by atoms with van der Waals surface area (Å²) in [6.45, 7) is 0.621. The van der Waals surface area contributed by atoms with Crippen molar-refractivity contribution < 1.29 is 9.26 Å². The summed E-state index contributed by atoms with van der Waals surface area (Å²) in [6.07, 6.45) is 3.97. The number of aromatic nitrogens is 2. The smallest absolute Gasteiger partial charge is 0.231 e. The first-order valence-electron chi connectivity index (χ1n) is 5.38. The maximum Gasteiger partial charge on any atom is 0.231 e. The second kappa shape index (κ2) is 4.72. The predicted molar refractivity (Wildman–Crippen MR) is 54.4 cm³/mol. The van der Waals surface area contributed by atoms with Gasteiger partial charge in [0.25, 0.3) is 0 Å². The maximum atomic E-state index is 5.97. The zero-order chi connectivity index (χ0) is 10.7. The van der Waals surface area contributed by atoms with Crippen molar-refractivity contribution in [1.29, 1.82) is 0 Å². The first-order valence-corrected chi connectivity index (χ1v) is 5.38. The van der Waals surface area contributed by atoms with E-state index in [0.29, 0.717) is 24.7 Å². The minimum absolute atomic E-state index is 0.181. The van der Waals surface area contributed by atoms with E-state index in [4.69, 9.17) is 15.0 Å². The average molecular weight is 211 g/mol. The minimum Gasteiger partial charge on any atom is -0.384 e. The van der Waals surface area contributed by atoms with Crippen molar-refractivity contribution in [3.05, 3.63) is 11.7 Å². The number of hydrogen-bond donors (Lipinski definition) is 1. The summed E-state index contributed by atoms with van der Waals surface area (Å²) in [6, 6.07) is 0.181. The van der Waals surface area contributed by atoms with Crippen molar-refractivity contribution in [2.45, 2.75) is 37.6 Å². The summed E-state index contributed by atoms with van der Waals surface area (Å²) in [5, 5.41) is 3.91. The highest BCUT2D eigenvalue weighted by atomic mass is 16.5. The molecule has 0 aromatic carbocycles. The zero-order valence-electron chi connectivity index (χ0n) is 8.98. The van der Waals surface area contributed by atoms with Crippen LogP contribution in [-0.4, -0.2) is 29.9 Å². The van der Waals surface area contributed by atoms with E-state index in [1.54, 1.807) is 7.11 Å². The lowest BCUT2D eigenvalue weighted by Gasteiger charge is -2.08. The Bertz CT molecular complexity index is 313. The highest BCUT2D eigenvalue weighted by Gasteiger charge is 2.30. The maximum absolute atomic E-state index is 5.97. The van der Waals surface area contributed by atoms with Crippen LogP contribution in [0.4, 0.5) is 0 Å². The molecule has 1 heterocycles. The molecule has 0 amide bonds. The normalized spacial score (nSPS) is 26.0. The van der Waals surface area contributed by atoms with Crippen molar-refractivity contribution in [2.24, 2.45) is 5.73 Å². The first kappa shape index (κ1) is 10.6. The number of rotatable bonds is 4. The molecule has 1 aliphatic carbocycles. The Morgan fingerprint density at radius 1 is 1.53 bits per heavy atom. The van der Waals surface area contributed by atoms with Crippen LogP contribution < -0.4 is 5.73 Å². The molecule has 15 heavy (non-hydrogen) atoms. The number of nitrogens with two attached hydrogens (primary N) is 1. The second-order valence-corrected chi connectivity index (χ2v) is 3.99. The van der Waals surface area contributed by atoms with Crippen LogP contribution in [-0.2, 0) is 11.2 Å². The lowest BCUT2D eigenvalue weighted by Crippen LogP contribution is -2.22. The van der Waals surface area contributed by atoms with Gasteiger partial charge in [0.15, 0.2) is 5.82 Å². The highest BCUT2D eigenvalue weighted by Crippen LogP contribution is 2.32. The van der Waals surface area contributed by atoms with E-state index in [0.717, 1.165) is 19.3 Å². The van der Waals surface area contributed by atoms with Gasteiger partial charge >= 0.3 is 0 Å². The quantitative estimate of drug-likeness (QED) is 0.799. The van der Waals surface area contributed by atoms with E-state index in [2.05, 4.69) is 10.1 Å². The van der Waals surface area contributed by atoms with Gasteiger partial charge in [0.1, 0.15) is 0 Å². The lowest BCUT2D eigenvalue weighted by atomic mass is 10.1. The molecule has 0 saturated heterocycles. The third kappa shape index (κ3) is 2.35. The largest absolute Gasteiger partial charge is 0.384 e.